The van der Waals surface area contributed by atoms with Crippen molar-refractivity contribution in [2.24, 2.45) is 0 Å². The van der Waals surface area contributed by atoms with Gasteiger partial charge in [0.15, 0.2) is 5.11 Å². The monoisotopic (exact) mass is 452 g/mol. The van der Waals surface area contributed by atoms with Crippen molar-refractivity contribution in [2.45, 2.75) is 6.54 Å². The molecule has 0 spiro atoms. The standard InChI is InChI=1S/C19H21BrN2O4S/c1-24-9-10-26-17-8-5-14(20)11-16(17)18(23)22-19(27)21-12-13-3-6-15(25-2)7-4-13/h3-8,11H,9-10,12H2,1-2H3,(H2,21,22,23,27). The maximum Gasteiger partial charge on any atom is 0.261 e. The van der Waals surface area contributed by atoms with Crippen LogP contribution in [0.4, 0.5) is 0 Å². The van der Waals surface area contributed by atoms with Crippen molar-refractivity contribution in [3.05, 3.63) is 58.1 Å². The third kappa shape index (κ3) is 6.82. The van der Waals surface area contributed by atoms with Crippen LogP contribution >= 0.6 is 28.1 Å². The minimum Gasteiger partial charge on any atom is -0.497 e. The van der Waals surface area contributed by atoms with Gasteiger partial charge in [0, 0.05) is 18.1 Å². The van der Waals surface area contributed by atoms with Crippen molar-refractivity contribution in [3.63, 3.8) is 0 Å². The zero-order valence-electron chi connectivity index (χ0n) is 15.1. The van der Waals surface area contributed by atoms with Crippen LogP contribution < -0.4 is 20.1 Å². The van der Waals surface area contributed by atoms with E-state index in [-0.39, 0.29) is 11.0 Å². The van der Waals surface area contributed by atoms with Crippen molar-refractivity contribution in [1.29, 1.82) is 0 Å². The molecule has 8 heteroatoms. The molecular formula is C19H21BrN2O4S. The highest BCUT2D eigenvalue weighted by Crippen LogP contribution is 2.23. The molecule has 0 unspecified atom stereocenters. The highest BCUT2D eigenvalue weighted by molar-refractivity contribution is 9.10. The minimum atomic E-state index is -0.351. The second kappa shape index (κ2) is 10.9. The Morgan fingerprint density at radius 2 is 1.85 bits per heavy atom. The molecule has 27 heavy (non-hydrogen) atoms. The van der Waals surface area contributed by atoms with Crippen molar-refractivity contribution in [2.75, 3.05) is 27.4 Å². The Balaban J connectivity index is 1.94. The highest BCUT2D eigenvalue weighted by atomic mass is 79.9. The predicted octanol–water partition coefficient (Wildman–Crippen LogP) is 3.29. The number of amides is 1. The highest BCUT2D eigenvalue weighted by Gasteiger charge is 2.15. The number of rotatable bonds is 8. The molecule has 6 nitrogen and oxygen atoms in total. The van der Waals surface area contributed by atoms with E-state index in [1.807, 2.05) is 24.3 Å². The van der Waals surface area contributed by atoms with E-state index in [2.05, 4.69) is 26.6 Å². The van der Waals surface area contributed by atoms with E-state index in [9.17, 15) is 4.79 Å². The largest absolute Gasteiger partial charge is 0.497 e. The molecule has 0 bridgehead atoms. The number of halogens is 1. The van der Waals surface area contributed by atoms with Gasteiger partial charge in [-0.25, -0.2) is 0 Å². The molecule has 0 heterocycles. The third-order valence-corrected chi connectivity index (χ3v) is 4.31. The Hall–Kier alpha value is -2.16. The van der Waals surface area contributed by atoms with Crippen LogP contribution in [-0.2, 0) is 11.3 Å². The average molecular weight is 453 g/mol. The first-order chi connectivity index (χ1) is 13.0. The van der Waals surface area contributed by atoms with E-state index in [4.69, 9.17) is 26.4 Å². The minimum absolute atomic E-state index is 0.235. The topological polar surface area (TPSA) is 68.8 Å². The van der Waals surface area contributed by atoms with Crippen molar-refractivity contribution in [3.8, 4) is 11.5 Å². The summed E-state index contributed by atoms with van der Waals surface area (Å²) in [5.74, 6) is 0.895. The van der Waals surface area contributed by atoms with Crippen LogP contribution in [0.1, 0.15) is 15.9 Å². The van der Waals surface area contributed by atoms with Crippen LogP contribution in [0.25, 0.3) is 0 Å². The fraction of sp³-hybridized carbons (Fsp3) is 0.263. The fourth-order valence-corrected chi connectivity index (χ4v) is 2.71. The van der Waals surface area contributed by atoms with Crippen LogP contribution in [0.2, 0.25) is 0 Å². The van der Waals surface area contributed by atoms with E-state index in [0.717, 1.165) is 15.8 Å². The van der Waals surface area contributed by atoms with E-state index < -0.39 is 0 Å². The van der Waals surface area contributed by atoms with Crippen LogP contribution in [-0.4, -0.2) is 38.5 Å². The zero-order valence-corrected chi connectivity index (χ0v) is 17.5. The van der Waals surface area contributed by atoms with Crippen LogP contribution in [0.15, 0.2) is 46.9 Å². The van der Waals surface area contributed by atoms with Crippen LogP contribution in [0, 0.1) is 0 Å². The third-order valence-electron chi connectivity index (χ3n) is 3.57. The van der Waals surface area contributed by atoms with Crippen LogP contribution in [0.3, 0.4) is 0 Å². The molecule has 2 rings (SSSR count). The molecule has 2 aromatic carbocycles. The summed E-state index contributed by atoms with van der Waals surface area (Å²) in [5.41, 5.74) is 1.40. The summed E-state index contributed by atoms with van der Waals surface area (Å²) in [5, 5.41) is 5.92. The predicted molar refractivity (Wildman–Crippen MR) is 111 cm³/mol. The normalized spacial score (nSPS) is 10.2. The molecule has 0 aliphatic rings. The number of benzene rings is 2. The number of hydrogen-bond acceptors (Lipinski definition) is 5. The van der Waals surface area contributed by atoms with E-state index >= 15 is 0 Å². The lowest BCUT2D eigenvalue weighted by molar-refractivity contribution is 0.0968. The first-order valence-electron chi connectivity index (χ1n) is 8.17. The smallest absolute Gasteiger partial charge is 0.261 e. The first kappa shape index (κ1) is 21.1. The Morgan fingerprint density at radius 1 is 1.11 bits per heavy atom. The average Bonchev–Trinajstić information content (AvgIpc) is 2.68. The maximum atomic E-state index is 12.6. The number of ether oxygens (including phenoxy) is 3. The Morgan fingerprint density at radius 3 is 2.52 bits per heavy atom. The summed E-state index contributed by atoms with van der Waals surface area (Å²) in [6.07, 6.45) is 0. The van der Waals surface area contributed by atoms with Crippen molar-refractivity contribution < 1.29 is 19.0 Å². The summed E-state index contributed by atoms with van der Waals surface area (Å²) < 4.78 is 16.5. The van der Waals surface area contributed by atoms with Crippen molar-refractivity contribution in [1.82, 2.24) is 10.6 Å². The number of nitrogens with one attached hydrogen (secondary N) is 2. The van der Waals surface area contributed by atoms with Gasteiger partial charge in [-0.1, -0.05) is 28.1 Å². The lowest BCUT2D eigenvalue weighted by Gasteiger charge is -2.13. The van der Waals surface area contributed by atoms with Gasteiger partial charge in [-0.15, -0.1) is 0 Å². The molecule has 0 fully saturated rings. The molecule has 2 N–H and O–H groups in total. The zero-order chi connectivity index (χ0) is 19.6. The van der Waals surface area contributed by atoms with Gasteiger partial charge in [-0.2, -0.15) is 0 Å². The summed E-state index contributed by atoms with van der Waals surface area (Å²) in [6.45, 7) is 1.26. The number of hydrogen-bond donors (Lipinski definition) is 2. The molecule has 0 aliphatic heterocycles. The lowest BCUT2D eigenvalue weighted by Crippen LogP contribution is -2.39. The van der Waals surface area contributed by atoms with E-state index in [0.29, 0.717) is 31.1 Å². The maximum absolute atomic E-state index is 12.6. The molecular weight excluding hydrogens is 432 g/mol. The summed E-state index contributed by atoms with van der Waals surface area (Å²) in [6, 6.07) is 12.8. The Bertz CT molecular complexity index is 784. The van der Waals surface area contributed by atoms with Crippen molar-refractivity contribution >= 4 is 39.2 Å². The molecule has 0 atom stereocenters. The molecule has 0 aliphatic carbocycles. The van der Waals surface area contributed by atoms with Gasteiger partial charge < -0.3 is 19.5 Å². The number of carbonyl (C=O) groups is 1. The van der Waals surface area contributed by atoms with E-state index in [1.165, 1.54) is 0 Å². The molecule has 0 saturated carbocycles. The second-order valence-electron chi connectivity index (χ2n) is 5.47. The van der Waals surface area contributed by atoms with Crippen LogP contribution in [0.5, 0.6) is 11.5 Å². The number of methoxy groups -OCH3 is 2. The molecule has 0 saturated heterocycles. The molecule has 144 valence electrons. The first-order valence-corrected chi connectivity index (χ1v) is 9.37. The van der Waals surface area contributed by atoms with Gasteiger partial charge in [-0.05, 0) is 48.1 Å². The van der Waals surface area contributed by atoms with Gasteiger partial charge in [0.2, 0.25) is 0 Å². The molecule has 1 amide bonds. The van der Waals surface area contributed by atoms with E-state index in [1.54, 1.807) is 32.4 Å². The summed E-state index contributed by atoms with van der Waals surface area (Å²) >= 11 is 8.59. The Kier molecular flexibility index (Phi) is 8.50. The second-order valence-corrected chi connectivity index (χ2v) is 6.79. The van der Waals surface area contributed by atoms with Gasteiger partial charge >= 0.3 is 0 Å². The number of carbonyl (C=O) groups excluding carboxylic acids is 1. The fourth-order valence-electron chi connectivity index (χ4n) is 2.18. The molecule has 2 aromatic rings. The SMILES string of the molecule is COCCOc1ccc(Br)cc1C(=O)NC(=S)NCc1ccc(OC)cc1. The summed E-state index contributed by atoms with van der Waals surface area (Å²) in [4.78, 5) is 12.6. The molecule has 0 aromatic heterocycles. The number of thiocarbonyl (C=S) groups is 1. The molecule has 0 radical (unpaired) electrons. The van der Waals surface area contributed by atoms with Gasteiger partial charge in [0.05, 0.1) is 19.3 Å². The van der Waals surface area contributed by atoms with Gasteiger partial charge in [0.25, 0.3) is 5.91 Å². The van der Waals surface area contributed by atoms with Gasteiger partial charge in [0.1, 0.15) is 18.1 Å². The quantitative estimate of drug-likeness (QED) is 0.473. The lowest BCUT2D eigenvalue weighted by atomic mass is 10.2. The van der Waals surface area contributed by atoms with Gasteiger partial charge in [-0.3, -0.25) is 10.1 Å². The Labute approximate surface area is 172 Å². The summed E-state index contributed by atoms with van der Waals surface area (Å²) in [7, 11) is 3.21.